The van der Waals surface area contributed by atoms with Crippen molar-refractivity contribution in [2.75, 3.05) is 0 Å². The van der Waals surface area contributed by atoms with Gasteiger partial charge in [0.25, 0.3) is 11.8 Å². The van der Waals surface area contributed by atoms with E-state index in [0.29, 0.717) is 17.4 Å². The second-order valence-corrected chi connectivity index (χ2v) is 7.92. The summed E-state index contributed by atoms with van der Waals surface area (Å²) in [4.78, 5) is 24.6. The van der Waals surface area contributed by atoms with Crippen LogP contribution < -0.4 is 10.6 Å². The van der Waals surface area contributed by atoms with Crippen LogP contribution in [0.1, 0.15) is 67.6 Å². The van der Waals surface area contributed by atoms with Gasteiger partial charge in [-0.3, -0.25) is 9.59 Å². The maximum absolute atomic E-state index is 12.3. The van der Waals surface area contributed by atoms with Crippen LogP contribution in [0.25, 0.3) is 0 Å². The minimum Gasteiger partial charge on any atom is -0.459 e. The molecule has 2 aromatic heterocycles. The third-order valence-corrected chi connectivity index (χ3v) is 5.45. The highest BCUT2D eigenvalue weighted by Gasteiger charge is 2.39. The number of nitrogens with one attached hydrogen (secondary N) is 2. The number of rotatable bonds is 5. The van der Waals surface area contributed by atoms with E-state index in [4.69, 9.17) is 8.83 Å². The molecule has 0 bridgehead atoms. The van der Waals surface area contributed by atoms with E-state index >= 15 is 0 Å². The number of carbonyl (C=O) groups excluding carboxylic acids is 2. The zero-order chi connectivity index (χ0) is 18.8. The fourth-order valence-corrected chi connectivity index (χ4v) is 3.71. The average molecular weight is 358 g/mol. The van der Waals surface area contributed by atoms with Crippen LogP contribution in [0.15, 0.2) is 45.6 Å². The molecule has 1 fully saturated rings. The Hall–Kier alpha value is -2.50. The van der Waals surface area contributed by atoms with E-state index in [2.05, 4.69) is 17.6 Å². The predicted octanol–water partition coefficient (Wildman–Crippen LogP) is 3.76. The van der Waals surface area contributed by atoms with Crippen molar-refractivity contribution in [1.29, 1.82) is 0 Å². The molecule has 0 saturated heterocycles. The van der Waals surface area contributed by atoms with Crippen molar-refractivity contribution in [1.82, 2.24) is 10.6 Å². The van der Waals surface area contributed by atoms with E-state index in [1.807, 2.05) is 13.8 Å². The number of hydrogen-bond donors (Lipinski definition) is 2. The summed E-state index contributed by atoms with van der Waals surface area (Å²) >= 11 is 0. The lowest BCUT2D eigenvalue weighted by Crippen LogP contribution is -2.54. The molecule has 0 aromatic carbocycles. The Morgan fingerprint density at radius 1 is 1.04 bits per heavy atom. The molecule has 140 valence electrons. The zero-order valence-corrected chi connectivity index (χ0v) is 15.5. The summed E-state index contributed by atoms with van der Waals surface area (Å²) in [6.45, 7) is 6.16. The summed E-state index contributed by atoms with van der Waals surface area (Å²) in [6.07, 6.45) is 6.53. The SMILES string of the molecule is CC1(NC(=O)c2ccco2)CCC(C(C)(C)NC(=O)c2ccco2)CC1. The number of carbonyl (C=O) groups is 2. The van der Waals surface area contributed by atoms with Gasteiger partial charge in [0, 0.05) is 11.1 Å². The third-order valence-electron chi connectivity index (χ3n) is 5.45. The molecule has 26 heavy (non-hydrogen) atoms. The first kappa shape index (κ1) is 18.3. The van der Waals surface area contributed by atoms with E-state index in [1.54, 1.807) is 24.3 Å². The standard InChI is InChI=1S/C20H26N2O4/c1-19(2,21-17(23)15-6-4-12-25-15)14-8-10-20(3,11-9-14)22-18(24)16-7-5-13-26-16/h4-7,12-14H,8-11H2,1-3H3,(H,21,23)(H,22,24). The van der Waals surface area contributed by atoms with E-state index in [1.165, 1.54) is 12.5 Å². The third kappa shape index (κ3) is 4.00. The lowest BCUT2D eigenvalue weighted by atomic mass is 9.70. The minimum absolute atomic E-state index is 0.179. The maximum Gasteiger partial charge on any atom is 0.287 e. The van der Waals surface area contributed by atoms with E-state index in [9.17, 15) is 9.59 Å². The van der Waals surface area contributed by atoms with E-state index in [-0.39, 0.29) is 22.9 Å². The Kier molecular flexibility index (Phi) is 4.94. The quantitative estimate of drug-likeness (QED) is 0.852. The molecule has 1 aliphatic rings. The second-order valence-electron chi connectivity index (χ2n) is 7.92. The summed E-state index contributed by atoms with van der Waals surface area (Å²) in [5.41, 5.74) is -0.613. The molecule has 2 amide bonds. The van der Waals surface area contributed by atoms with E-state index in [0.717, 1.165) is 25.7 Å². The molecule has 0 spiro atoms. The zero-order valence-electron chi connectivity index (χ0n) is 15.5. The van der Waals surface area contributed by atoms with Crippen LogP contribution in [0.4, 0.5) is 0 Å². The summed E-state index contributed by atoms with van der Waals surface area (Å²) in [5.74, 6) is 0.611. The molecule has 0 unspecified atom stereocenters. The van der Waals surface area contributed by atoms with E-state index < -0.39 is 0 Å². The Bertz CT molecular complexity index is 739. The fraction of sp³-hybridized carbons (Fsp3) is 0.500. The fourth-order valence-electron chi connectivity index (χ4n) is 3.71. The Morgan fingerprint density at radius 2 is 1.58 bits per heavy atom. The lowest BCUT2D eigenvalue weighted by Gasteiger charge is -2.44. The summed E-state index contributed by atoms with van der Waals surface area (Å²) in [6, 6.07) is 6.74. The first-order valence-electron chi connectivity index (χ1n) is 9.01. The van der Waals surface area contributed by atoms with Crippen LogP contribution in [0, 0.1) is 5.92 Å². The maximum atomic E-state index is 12.3. The van der Waals surface area contributed by atoms with Crippen LogP contribution in [-0.2, 0) is 0 Å². The molecule has 3 rings (SSSR count). The Balaban J connectivity index is 1.56. The summed E-state index contributed by atoms with van der Waals surface area (Å²) in [7, 11) is 0. The number of amides is 2. The predicted molar refractivity (Wildman–Crippen MR) is 96.8 cm³/mol. The lowest BCUT2D eigenvalue weighted by molar-refractivity contribution is 0.0751. The largest absolute Gasteiger partial charge is 0.459 e. The van der Waals surface area contributed by atoms with Crippen molar-refractivity contribution in [2.24, 2.45) is 5.92 Å². The van der Waals surface area contributed by atoms with Gasteiger partial charge in [0.1, 0.15) is 0 Å². The van der Waals surface area contributed by atoms with Gasteiger partial charge < -0.3 is 19.5 Å². The minimum atomic E-state index is -0.351. The highest BCUT2D eigenvalue weighted by Crippen LogP contribution is 2.37. The van der Waals surface area contributed by atoms with Gasteiger partial charge in [-0.15, -0.1) is 0 Å². The Morgan fingerprint density at radius 3 is 2.08 bits per heavy atom. The van der Waals surface area contributed by atoms with Crippen LogP contribution >= 0.6 is 0 Å². The molecule has 1 aliphatic carbocycles. The average Bonchev–Trinajstić information content (AvgIpc) is 3.28. The molecule has 2 heterocycles. The summed E-state index contributed by atoms with van der Waals surface area (Å²) < 4.78 is 10.3. The van der Waals surface area contributed by atoms with Crippen molar-refractivity contribution in [3.63, 3.8) is 0 Å². The highest BCUT2D eigenvalue weighted by molar-refractivity contribution is 5.92. The van der Waals surface area contributed by atoms with Gasteiger partial charge in [0.2, 0.25) is 0 Å². The van der Waals surface area contributed by atoms with Crippen LogP contribution in [0.3, 0.4) is 0 Å². The smallest absolute Gasteiger partial charge is 0.287 e. The molecular formula is C20H26N2O4. The molecule has 2 aromatic rings. The van der Waals surface area contributed by atoms with Crippen molar-refractivity contribution in [2.45, 2.75) is 57.5 Å². The van der Waals surface area contributed by atoms with Crippen molar-refractivity contribution in [3.05, 3.63) is 48.3 Å². The van der Waals surface area contributed by atoms with Crippen LogP contribution in [0.5, 0.6) is 0 Å². The highest BCUT2D eigenvalue weighted by atomic mass is 16.3. The van der Waals surface area contributed by atoms with Gasteiger partial charge in [0.15, 0.2) is 11.5 Å². The van der Waals surface area contributed by atoms with Crippen molar-refractivity contribution in [3.8, 4) is 0 Å². The number of hydrogen-bond acceptors (Lipinski definition) is 4. The van der Waals surface area contributed by atoms with Gasteiger partial charge in [0.05, 0.1) is 12.5 Å². The second kappa shape index (κ2) is 7.02. The van der Waals surface area contributed by atoms with Crippen LogP contribution in [0.2, 0.25) is 0 Å². The van der Waals surface area contributed by atoms with Gasteiger partial charge in [-0.05, 0) is 76.6 Å². The molecule has 6 heteroatoms. The molecule has 0 aliphatic heterocycles. The number of furan rings is 2. The van der Waals surface area contributed by atoms with Crippen LogP contribution in [-0.4, -0.2) is 22.9 Å². The molecule has 1 saturated carbocycles. The molecule has 0 atom stereocenters. The monoisotopic (exact) mass is 358 g/mol. The van der Waals surface area contributed by atoms with Crippen molar-refractivity contribution >= 4 is 11.8 Å². The topological polar surface area (TPSA) is 84.5 Å². The molecule has 2 N–H and O–H groups in total. The van der Waals surface area contributed by atoms with Gasteiger partial charge >= 0.3 is 0 Å². The first-order valence-corrected chi connectivity index (χ1v) is 9.01. The Labute approximate surface area is 153 Å². The molecule has 6 nitrogen and oxygen atoms in total. The van der Waals surface area contributed by atoms with Gasteiger partial charge in [-0.25, -0.2) is 0 Å². The van der Waals surface area contributed by atoms with Gasteiger partial charge in [-0.2, -0.15) is 0 Å². The normalized spacial score (nSPS) is 23.4. The first-order chi connectivity index (χ1) is 12.3. The molecular weight excluding hydrogens is 332 g/mol. The van der Waals surface area contributed by atoms with Crippen molar-refractivity contribution < 1.29 is 18.4 Å². The van der Waals surface area contributed by atoms with Gasteiger partial charge in [-0.1, -0.05) is 0 Å². The summed E-state index contributed by atoms with van der Waals surface area (Å²) in [5, 5.41) is 6.18. The molecule has 0 radical (unpaired) electrons.